The maximum Gasteiger partial charge on any atom is 0.126 e. The SMILES string of the molecule is Cc1cc(NCc2cccc(-c3ccccc3)c2C)cc(OCc2cncc(C#N)c2)c1CN. The van der Waals surface area contributed by atoms with E-state index in [9.17, 15) is 0 Å². The molecule has 1 aromatic heterocycles. The van der Waals surface area contributed by atoms with Crippen molar-refractivity contribution in [1.29, 1.82) is 5.26 Å². The number of nitriles is 1. The lowest BCUT2D eigenvalue weighted by Gasteiger charge is -2.17. The third kappa shape index (κ3) is 5.25. The molecular formula is C29H28N4O. The lowest BCUT2D eigenvalue weighted by Crippen LogP contribution is -2.08. The summed E-state index contributed by atoms with van der Waals surface area (Å²) in [5.41, 5.74) is 15.3. The summed E-state index contributed by atoms with van der Waals surface area (Å²) < 4.78 is 6.12. The molecule has 3 N–H and O–H groups in total. The standard InChI is InChI=1S/C29H28N4O/c1-20-11-26(13-29(28(20)15-31)34-19-23-12-22(14-30)16-32-17-23)33-18-25-9-6-10-27(21(25)2)24-7-4-3-5-8-24/h3-13,16-17,33H,15,18-19,31H2,1-2H3. The van der Waals surface area contributed by atoms with E-state index >= 15 is 0 Å². The molecule has 0 amide bonds. The van der Waals surface area contributed by atoms with Crippen molar-refractivity contribution in [2.24, 2.45) is 5.73 Å². The summed E-state index contributed by atoms with van der Waals surface area (Å²) in [7, 11) is 0. The molecule has 0 radical (unpaired) electrons. The second-order valence-corrected chi connectivity index (χ2v) is 8.27. The summed E-state index contributed by atoms with van der Waals surface area (Å²) in [5.74, 6) is 0.738. The number of ether oxygens (including phenoxy) is 1. The maximum atomic E-state index is 9.10. The van der Waals surface area contributed by atoms with Gasteiger partial charge >= 0.3 is 0 Å². The number of hydrogen-bond acceptors (Lipinski definition) is 5. The minimum atomic E-state index is 0.316. The van der Waals surface area contributed by atoms with E-state index in [0.717, 1.165) is 28.1 Å². The van der Waals surface area contributed by atoms with Crippen molar-refractivity contribution >= 4 is 5.69 Å². The van der Waals surface area contributed by atoms with Crippen LogP contribution in [0, 0.1) is 25.2 Å². The lowest BCUT2D eigenvalue weighted by molar-refractivity contribution is 0.302. The van der Waals surface area contributed by atoms with Gasteiger partial charge in [-0.1, -0.05) is 48.5 Å². The highest BCUT2D eigenvalue weighted by Gasteiger charge is 2.11. The molecule has 0 aliphatic rings. The number of aryl methyl sites for hydroxylation is 1. The molecule has 0 bridgehead atoms. The van der Waals surface area contributed by atoms with E-state index in [0.29, 0.717) is 25.3 Å². The van der Waals surface area contributed by atoms with Crippen LogP contribution in [-0.2, 0) is 19.7 Å². The van der Waals surface area contributed by atoms with E-state index < -0.39 is 0 Å². The van der Waals surface area contributed by atoms with Crippen LogP contribution in [-0.4, -0.2) is 4.98 Å². The number of nitrogens with two attached hydrogens (primary N) is 1. The fourth-order valence-corrected chi connectivity index (χ4v) is 4.07. The summed E-state index contributed by atoms with van der Waals surface area (Å²) in [6, 6.07) is 24.9. The highest BCUT2D eigenvalue weighted by Crippen LogP contribution is 2.30. The minimum absolute atomic E-state index is 0.316. The first-order valence-electron chi connectivity index (χ1n) is 11.3. The van der Waals surface area contributed by atoms with Crippen LogP contribution >= 0.6 is 0 Å². The van der Waals surface area contributed by atoms with Gasteiger partial charge in [0.15, 0.2) is 0 Å². The number of benzene rings is 3. The molecule has 0 aliphatic heterocycles. The summed E-state index contributed by atoms with van der Waals surface area (Å²) in [4.78, 5) is 4.11. The van der Waals surface area contributed by atoms with E-state index in [2.05, 4.69) is 71.8 Å². The molecule has 0 spiro atoms. The van der Waals surface area contributed by atoms with Crippen molar-refractivity contribution in [2.75, 3.05) is 5.32 Å². The van der Waals surface area contributed by atoms with Crippen LogP contribution in [0.4, 0.5) is 5.69 Å². The van der Waals surface area contributed by atoms with Gasteiger partial charge in [0.05, 0.1) is 5.56 Å². The van der Waals surface area contributed by atoms with Gasteiger partial charge in [0, 0.05) is 48.4 Å². The first-order valence-corrected chi connectivity index (χ1v) is 11.3. The normalized spacial score (nSPS) is 10.5. The fraction of sp³-hybridized carbons (Fsp3) is 0.172. The zero-order valence-corrected chi connectivity index (χ0v) is 19.5. The number of pyridine rings is 1. The Morgan fingerprint density at radius 3 is 2.59 bits per heavy atom. The van der Waals surface area contributed by atoms with E-state index in [1.807, 2.05) is 19.1 Å². The summed E-state index contributed by atoms with van der Waals surface area (Å²) in [6.45, 7) is 5.60. The number of nitrogens with zero attached hydrogens (tertiary/aromatic N) is 2. The maximum absolute atomic E-state index is 9.10. The zero-order chi connectivity index (χ0) is 23.9. The average Bonchev–Trinajstić information content (AvgIpc) is 2.87. The molecule has 3 aromatic carbocycles. The summed E-state index contributed by atoms with van der Waals surface area (Å²) in [5, 5.41) is 12.7. The van der Waals surface area contributed by atoms with E-state index in [1.165, 1.54) is 28.5 Å². The topological polar surface area (TPSA) is 84.0 Å². The Bertz CT molecular complexity index is 1330. The van der Waals surface area contributed by atoms with E-state index in [1.54, 1.807) is 12.3 Å². The molecule has 0 saturated carbocycles. The third-order valence-corrected chi connectivity index (χ3v) is 5.97. The Hall–Kier alpha value is -4.14. The average molecular weight is 449 g/mol. The van der Waals surface area contributed by atoms with Crippen molar-refractivity contribution in [1.82, 2.24) is 4.98 Å². The van der Waals surface area contributed by atoms with Crippen LogP contribution in [0.1, 0.15) is 33.4 Å². The molecule has 5 heteroatoms. The van der Waals surface area contributed by atoms with Crippen LogP contribution in [0.5, 0.6) is 5.75 Å². The number of aromatic nitrogens is 1. The quantitative estimate of drug-likeness (QED) is 0.351. The first-order chi connectivity index (χ1) is 16.6. The van der Waals surface area contributed by atoms with Gasteiger partial charge in [0.25, 0.3) is 0 Å². The largest absolute Gasteiger partial charge is 0.488 e. The van der Waals surface area contributed by atoms with Gasteiger partial charge in [0.2, 0.25) is 0 Å². The van der Waals surface area contributed by atoms with Gasteiger partial charge in [0.1, 0.15) is 18.4 Å². The monoisotopic (exact) mass is 448 g/mol. The van der Waals surface area contributed by atoms with Gasteiger partial charge in [-0.15, -0.1) is 0 Å². The fourth-order valence-electron chi connectivity index (χ4n) is 4.07. The van der Waals surface area contributed by atoms with Crippen LogP contribution in [0.15, 0.2) is 79.1 Å². The van der Waals surface area contributed by atoms with Gasteiger partial charge in [-0.3, -0.25) is 4.98 Å². The molecule has 0 fully saturated rings. The molecule has 170 valence electrons. The highest BCUT2D eigenvalue weighted by atomic mass is 16.5. The van der Waals surface area contributed by atoms with E-state index in [4.69, 9.17) is 15.7 Å². The Morgan fingerprint density at radius 1 is 1.00 bits per heavy atom. The minimum Gasteiger partial charge on any atom is -0.488 e. The Kier molecular flexibility index (Phi) is 7.22. The highest BCUT2D eigenvalue weighted by molar-refractivity contribution is 5.68. The molecule has 4 rings (SSSR count). The van der Waals surface area contributed by atoms with E-state index in [-0.39, 0.29) is 0 Å². The zero-order valence-electron chi connectivity index (χ0n) is 19.5. The smallest absolute Gasteiger partial charge is 0.126 e. The van der Waals surface area contributed by atoms with Crippen LogP contribution in [0.25, 0.3) is 11.1 Å². The number of nitrogens with one attached hydrogen (secondary N) is 1. The number of rotatable bonds is 8. The predicted molar refractivity (Wildman–Crippen MR) is 136 cm³/mol. The van der Waals surface area contributed by atoms with Gasteiger partial charge < -0.3 is 15.8 Å². The van der Waals surface area contributed by atoms with Crippen LogP contribution in [0.2, 0.25) is 0 Å². The number of anilines is 1. The van der Waals surface area contributed by atoms with Crippen molar-refractivity contribution in [2.45, 2.75) is 33.5 Å². The molecule has 5 nitrogen and oxygen atoms in total. The van der Waals surface area contributed by atoms with Crippen molar-refractivity contribution in [3.05, 3.63) is 113 Å². The molecule has 34 heavy (non-hydrogen) atoms. The van der Waals surface area contributed by atoms with Gasteiger partial charge in [-0.25, -0.2) is 0 Å². The predicted octanol–water partition coefficient (Wildman–Crippen LogP) is 5.89. The Morgan fingerprint density at radius 2 is 1.82 bits per heavy atom. The first kappa shape index (κ1) is 23.0. The Balaban J connectivity index is 1.53. The molecule has 0 unspecified atom stereocenters. The Labute approximate surface area is 200 Å². The van der Waals surface area contributed by atoms with Crippen molar-refractivity contribution in [3.8, 4) is 22.9 Å². The van der Waals surface area contributed by atoms with Crippen molar-refractivity contribution < 1.29 is 4.74 Å². The number of hydrogen-bond donors (Lipinski definition) is 2. The summed E-state index contributed by atoms with van der Waals surface area (Å²) >= 11 is 0. The van der Waals surface area contributed by atoms with Gasteiger partial charge in [-0.05, 0) is 53.8 Å². The molecular weight excluding hydrogens is 420 g/mol. The van der Waals surface area contributed by atoms with Crippen LogP contribution in [0.3, 0.4) is 0 Å². The van der Waals surface area contributed by atoms with Gasteiger partial charge in [-0.2, -0.15) is 5.26 Å². The second-order valence-electron chi connectivity index (χ2n) is 8.27. The molecule has 4 aromatic rings. The molecule has 1 heterocycles. The van der Waals surface area contributed by atoms with Crippen LogP contribution < -0.4 is 15.8 Å². The second kappa shape index (κ2) is 10.7. The molecule has 0 saturated heterocycles. The lowest BCUT2D eigenvalue weighted by atomic mass is 9.96. The summed E-state index contributed by atoms with van der Waals surface area (Å²) in [6.07, 6.45) is 3.25. The third-order valence-electron chi connectivity index (χ3n) is 5.97. The molecule has 0 aliphatic carbocycles. The molecule has 0 atom stereocenters. The van der Waals surface area contributed by atoms with Crippen molar-refractivity contribution in [3.63, 3.8) is 0 Å².